The molecule has 2 saturated heterocycles. The van der Waals surface area contributed by atoms with Crippen LogP contribution in [0.25, 0.3) is 32.8 Å². The molecule has 0 spiro atoms. The summed E-state index contributed by atoms with van der Waals surface area (Å²) in [6.45, 7) is 2.67. The number of phenols is 1. The van der Waals surface area contributed by atoms with E-state index in [4.69, 9.17) is 9.72 Å². The van der Waals surface area contributed by atoms with Crippen molar-refractivity contribution >= 4 is 39.3 Å². The molecular formula is C30H31F2N5O2S. The van der Waals surface area contributed by atoms with Crippen LogP contribution >= 0.6 is 11.8 Å². The summed E-state index contributed by atoms with van der Waals surface area (Å²) in [5.74, 6) is -0.111. The molecule has 0 radical (unpaired) electrons. The van der Waals surface area contributed by atoms with Crippen molar-refractivity contribution in [3.63, 3.8) is 0 Å². The lowest BCUT2D eigenvalue weighted by Gasteiger charge is -2.33. The van der Waals surface area contributed by atoms with Crippen molar-refractivity contribution < 1.29 is 18.6 Å². The molecule has 2 aliphatic heterocycles. The molecule has 3 aromatic carbocycles. The first-order valence-corrected chi connectivity index (χ1v) is 14.7. The predicted molar refractivity (Wildman–Crippen MR) is 155 cm³/mol. The number of anilines is 1. The van der Waals surface area contributed by atoms with Gasteiger partial charge in [-0.25, -0.2) is 8.78 Å². The van der Waals surface area contributed by atoms with Crippen LogP contribution in [0.1, 0.15) is 12.8 Å². The van der Waals surface area contributed by atoms with Crippen molar-refractivity contribution in [1.82, 2.24) is 20.2 Å². The zero-order valence-electron chi connectivity index (χ0n) is 22.5. The van der Waals surface area contributed by atoms with Gasteiger partial charge in [0.05, 0.1) is 17.5 Å². The second kappa shape index (κ2) is 9.71. The molecule has 1 aromatic heterocycles. The number of benzene rings is 3. The molecule has 1 saturated carbocycles. The van der Waals surface area contributed by atoms with Crippen LogP contribution in [0.15, 0.2) is 42.5 Å². The van der Waals surface area contributed by atoms with Crippen LogP contribution in [0.2, 0.25) is 0 Å². The van der Waals surface area contributed by atoms with E-state index in [0.29, 0.717) is 41.7 Å². The Kier molecular flexibility index (Phi) is 6.25. The van der Waals surface area contributed by atoms with Gasteiger partial charge in [-0.2, -0.15) is 9.97 Å². The lowest BCUT2D eigenvalue weighted by atomic mass is 9.95. The molecule has 2 N–H and O–H groups in total. The number of aromatic hydroxyl groups is 1. The average Bonchev–Trinajstić information content (AvgIpc) is 3.60. The number of halogens is 2. The molecule has 3 fully saturated rings. The van der Waals surface area contributed by atoms with Crippen LogP contribution in [0.4, 0.5) is 14.6 Å². The number of rotatable bonds is 7. The highest BCUT2D eigenvalue weighted by Gasteiger charge is 2.44. The van der Waals surface area contributed by atoms with Gasteiger partial charge in [-0.3, -0.25) is 5.32 Å². The van der Waals surface area contributed by atoms with Gasteiger partial charge >= 0.3 is 6.01 Å². The first-order chi connectivity index (χ1) is 19.3. The highest BCUT2D eigenvalue weighted by molar-refractivity contribution is 8.00. The maximum Gasteiger partial charge on any atom is 0.319 e. The van der Waals surface area contributed by atoms with Crippen LogP contribution in [0.3, 0.4) is 0 Å². The van der Waals surface area contributed by atoms with Crippen molar-refractivity contribution in [3.05, 3.63) is 54.1 Å². The summed E-state index contributed by atoms with van der Waals surface area (Å²) in [6.07, 6.45) is 2.11. The van der Waals surface area contributed by atoms with Crippen molar-refractivity contribution in [2.75, 3.05) is 51.0 Å². The van der Waals surface area contributed by atoms with Gasteiger partial charge in [-0.1, -0.05) is 24.3 Å². The Morgan fingerprint density at radius 3 is 2.73 bits per heavy atom. The van der Waals surface area contributed by atoms with Crippen molar-refractivity contribution in [2.24, 2.45) is 5.41 Å². The summed E-state index contributed by atoms with van der Waals surface area (Å²) in [6, 6.07) is 11.9. The minimum Gasteiger partial charge on any atom is -0.508 e. The number of nitrogens with one attached hydrogen (secondary N) is 1. The summed E-state index contributed by atoms with van der Waals surface area (Å²) in [5, 5.41) is 15.8. The molecule has 0 amide bonds. The fourth-order valence-corrected chi connectivity index (χ4v) is 7.38. The van der Waals surface area contributed by atoms with E-state index >= 15 is 8.78 Å². The van der Waals surface area contributed by atoms with E-state index in [0.717, 1.165) is 25.1 Å². The van der Waals surface area contributed by atoms with Gasteiger partial charge in [0.25, 0.3) is 0 Å². The van der Waals surface area contributed by atoms with E-state index in [-0.39, 0.29) is 45.2 Å². The molecule has 2 bridgehead atoms. The second-order valence-electron chi connectivity index (χ2n) is 11.6. The summed E-state index contributed by atoms with van der Waals surface area (Å²) >= 11 is 1.85. The highest BCUT2D eigenvalue weighted by atomic mass is 32.2. The molecule has 208 valence electrons. The third kappa shape index (κ3) is 4.61. The predicted octanol–water partition coefficient (Wildman–Crippen LogP) is 5.01. The van der Waals surface area contributed by atoms with Gasteiger partial charge in [0.15, 0.2) is 5.82 Å². The molecule has 10 heteroatoms. The van der Waals surface area contributed by atoms with Crippen molar-refractivity contribution in [2.45, 2.75) is 24.3 Å². The van der Waals surface area contributed by atoms with Crippen LogP contribution in [-0.4, -0.2) is 77.5 Å². The molecule has 1 aliphatic carbocycles. The molecule has 2 atom stereocenters. The summed E-state index contributed by atoms with van der Waals surface area (Å²) < 4.78 is 38.6. The molecule has 7 nitrogen and oxygen atoms in total. The first-order valence-electron chi connectivity index (χ1n) is 13.6. The molecule has 40 heavy (non-hydrogen) atoms. The van der Waals surface area contributed by atoms with E-state index in [1.54, 1.807) is 18.2 Å². The number of thioether (sulfide) groups is 1. The first kappa shape index (κ1) is 25.7. The number of ether oxygens (including phenoxy) is 1. The quantitative estimate of drug-likeness (QED) is 0.325. The van der Waals surface area contributed by atoms with E-state index in [1.807, 2.05) is 38.0 Å². The Balaban J connectivity index is 1.38. The van der Waals surface area contributed by atoms with Gasteiger partial charge in [-0.15, -0.1) is 11.8 Å². The van der Waals surface area contributed by atoms with Gasteiger partial charge in [0.2, 0.25) is 0 Å². The molecule has 4 aromatic rings. The maximum absolute atomic E-state index is 16.5. The van der Waals surface area contributed by atoms with Crippen LogP contribution in [-0.2, 0) is 0 Å². The Hall–Kier alpha value is -3.21. The van der Waals surface area contributed by atoms with E-state index < -0.39 is 11.6 Å². The topological polar surface area (TPSA) is 73.8 Å². The summed E-state index contributed by atoms with van der Waals surface area (Å²) in [7, 11) is 4.08. The summed E-state index contributed by atoms with van der Waals surface area (Å²) in [5.41, 5.74) is 0.103. The molecule has 2 unspecified atom stereocenters. The number of nitrogens with zero attached hydrogens (tertiary/aromatic N) is 4. The van der Waals surface area contributed by atoms with Gasteiger partial charge in [0.1, 0.15) is 22.9 Å². The lowest BCUT2D eigenvalue weighted by molar-refractivity contribution is 0.183. The summed E-state index contributed by atoms with van der Waals surface area (Å²) in [4.78, 5) is 13.5. The van der Waals surface area contributed by atoms with Gasteiger partial charge in [-0.05, 0) is 61.5 Å². The van der Waals surface area contributed by atoms with Gasteiger partial charge in [0, 0.05) is 42.2 Å². The van der Waals surface area contributed by atoms with Crippen LogP contribution in [0.5, 0.6) is 11.8 Å². The van der Waals surface area contributed by atoms with E-state index in [2.05, 4.69) is 20.1 Å². The lowest BCUT2D eigenvalue weighted by Crippen LogP contribution is -2.51. The SMILES string of the molecule is CN(C)CC1(COc2nc(N3CC4CSC(C3)N4)c3cc(F)c(-c4cc(O)cc5ccccc45)c(F)c3n2)CC1. The fraction of sp³-hybridized carbons (Fsp3) is 0.400. The Morgan fingerprint density at radius 2 is 1.95 bits per heavy atom. The third-order valence-corrected chi connectivity index (χ3v) is 9.40. The monoisotopic (exact) mass is 563 g/mol. The van der Waals surface area contributed by atoms with E-state index in [9.17, 15) is 5.11 Å². The number of hydrogen-bond acceptors (Lipinski definition) is 8. The molecule has 7 rings (SSSR count). The Bertz CT molecular complexity index is 1620. The fourth-order valence-electron chi connectivity index (χ4n) is 6.14. The highest BCUT2D eigenvalue weighted by Crippen LogP contribution is 2.46. The largest absolute Gasteiger partial charge is 0.508 e. The number of piperazine rings is 1. The van der Waals surface area contributed by atoms with Crippen LogP contribution < -0.4 is 15.0 Å². The number of aromatic nitrogens is 2. The second-order valence-corrected chi connectivity index (χ2v) is 12.8. The van der Waals surface area contributed by atoms with Crippen molar-refractivity contribution in [3.8, 4) is 22.9 Å². The Labute approximate surface area is 235 Å². The Morgan fingerprint density at radius 1 is 1.12 bits per heavy atom. The number of fused-ring (bicyclic) bond motifs is 4. The van der Waals surface area contributed by atoms with Gasteiger partial charge < -0.3 is 19.6 Å². The number of phenolic OH excluding ortho intramolecular Hbond substituents is 1. The van der Waals surface area contributed by atoms with Crippen molar-refractivity contribution in [1.29, 1.82) is 0 Å². The standard InChI is InChI=1S/C30H31F2N5O2S/c1-36(2)15-30(7-8-30)16-39-29-34-27-22(28(35-29)37-12-18-14-40-24(13-37)33-18)11-23(31)25(26(27)32)21-10-19(38)9-17-5-3-4-6-20(17)21/h3-6,9-11,18,24,33,38H,7-8,12-16H2,1-2H3. The number of hydrogen-bond donors (Lipinski definition) is 2. The maximum atomic E-state index is 16.5. The zero-order valence-corrected chi connectivity index (χ0v) is 23.3. The minimum atomic E-state index is -0.791. The van der Waals surface area contributed by atoms with Crippen LogP contribution in [0, 0.1) is 17.0 Å². The third-order valence-electron chi connectivity index (χ3n) is 8.12. The smallest absolute Gasteiger partial charge is 0.319 e. The zero-order chi connectivity index (χ0) is 27.6. The molecular weight excluding hydrogens is 532 g/mol. The minimum absolute atomic E-state index is 0.0137. The molecule has 3 heterocycles. The van der Waals surface area contributed by atoms with E-state index in [1.165, 1.54) is 12.1 Å². The average molecular weight is 564 g/mol. The normalized spacial score (nSPS) is 21.5. The molecule has 3 aliphatic rings.